The zero-order chi connectivity index (χ0) is 14.5. The molecule has 0 spiro atoms. The molecule has 0 radical (unpaired) electrons. The average Bonchev–Trinajstić information content (AvgIpc) is 2.28. The number of morpholine rings is 1. The van der Waals surface area contributed by atoms with E-state index < -0.39 is 41.0 Å². The molecule has 1 unspecified atom stereocenters. The molecule has 1 aliphatic heterocycles. The zero-order valence-electron chi connectivity index (χ0n) is 9.89. The fourth-order valence-corrected chi connectivity index (χ4v) is 3.21. The minimum Gasteiger partial charge on any atom is -0.376 e. The molecule has 0 aromatic carbocycles. The van der Waals surface area contributed by atoms with E-state index in [1.165, 1.54) is 6.08 Å². The van der Waals surface area contributed by atoms with Crippen LogP contribution in [0.2, 0.25) is 0 Å². The average molecular weight is 302 g/mol. The van der Waals surface area contributed by atoms with Crippen molar-refractivity contribution in [2.45, 2.75) is 25.2 Å². The summed E-state index contributed by atoms with van der Waals surface area (Å²) in [5, 5.41) is 0. The summed E-state index contributed by atoms with van der Waals surface area (Å²) in [5.74, 6) is -0.641. The van der Waals surface area contributed by atoms with Crippen LogP contribution in [0.3, 0.4) is 0 Å². The van der Waals surface area contributed by atoms with E-state index in [0.29, 0.717) is 0 Å². The van der Waals surface area contributed by atoms with Gasteiger partial charge in [-0.25, -0.2) is 13.2 Å². The molecule has 6 nitrogen and oxygen atoms in total. The number of sulfonamides is 1. The molecule has 1 atom stereocenters. The monoisotopic (exact) mass is 302 g/mol. The number of aliphatic imine (C=N–C) groups is 1. The summed E-state index contributed by atoms with van der Waals surface area (Å²) >= 11 is 0. The lowest BCUT2D eigenvalue weighted by atomic mass is 10.3. The fraction of sp³-hybridized carbons (Fsp3) is 0.889. The second-order valence-electron chi connectivity index (χ2n) is 3.92. The predicted molar refractivity (Wildman–Crippen MR) is 58.5 cm³/mol. The van der Waals surface area contributed by atoms with Gasteiger partial charge in [0.1, 0.15) is 0 Å². The van der Waals surface area contributed by atoms with Gasteiger partial charge in [-0.05, 0) is 6.42 Å². The Morgan fingerprint density at radius 2 is 2.11 bits per heavy atom. The van der Waals surface area contributed by atoms with Gasteiger partial charge in [0.05, 0.1) is 19.0 Å². The van der Waals surface area contributed by atoms with Gasteiger partial charge in [0.2, 0.25) is 16.1 Å². The molecule has 0 saturated carbocycles. The molecule has 1 aliphatic rings. The Morgan fingerprint density at radius 3 is 2.68 bits per heavy atom. The number of isocyanates is 1. The molecule has 0 aromatic heterocycles. The first kappa shape index (κ1) is 16.1. The van der Waals surface area contributed by atoms with Crippen LogP contribution in [0.25, 0.3) is 0 Å². The highest BCUT2D eigenvalue weighted by Crippen LogP contribution is 2.23. The van der Waals surface area contributed by atoms with Crippen LogP contribution in [-0.2, 0) is 19.6 Å². The van der Waals surface area contributed by atoms with E-state index in [1.807, 2.05) is 0 Å². The standard InChI is InChI=1S/C9H13F3N2O4S/c10-9(11,12)2-1-5-19(16,17)14-3-4-18-6-8(14)13-7-15/h8H,1-6H2. The molecule has 0 amide bonds. The maximum atomic E-state index is 12.0. The normalized spacial score (nSPS) is 21.9. The highest BCUT2D eigenvalue weighted by Gasteiger charge is 2.34. The van der Waals surface area contributed by atoms with E-state index in [4.69, 9.17) is 4.74 Å². The van der Waals surface area contributed by atoms with E-state index in [9.17, 15) is 26.4 Å². The Labute approximate surface area is 108 Å². The first-order chi connectivity index (χ1) is 8.76. The van der Waals surface area contributed by atoms with Crippen molar-refractivity contribution in [3.05, 3.63) is 0 Å². The van der Waals surface area contributed by atoms with Crippen LogP contribution < -0.4 is 0 Å². The van der Waals surface area contributed by atoms with Gasteiger partial charge in [-0.1, -0.05) is 0 Å². The van der Waals surface area contributed by atoms with Gasteiger partial charge in [-0.15, -0.1) is 0 Å². The Balaban J connectivity index is 2.66. The van der Waals surface area contributed by atoms with Gasteiger partial charge in [-0.2, -0.15) is 22.5 Å². The smallest absolute Gasteiger partial charge is 0.376 e. The van der Waals surface area contributed by atoms with Gasteiger partial charge in [0.25, 0.3) is 0 Å². The maximum Gasteiger partial charge on any atom is 0.389 e. The maximum absolute atomic E-state index is 12.0. The molecule has 0 N–H and O–H groups in total. The molecule has 0 aliphatic carbocycles. The van der Waals surface area contributed by atoms with E-state index >= 15 is 0 Å². The van der Waals surface area contributed by atoms with Crippen molar-refractivity contribution in [2.75, 3.05) is 25.5 Å². The van der Waals surface area contributed by atoms with Crippen LogP contribution in [0.1, 0.15) is 12.8 Å². The van der Waals surface area contributed by atoms with Gasteiger partial charge in [-0.3, -0.25) is 0 Å². The number of hydrogen-bond acceptors (Lipinski definition) is 5. The molecule has 0 bridgehead atoms. The quantitative estimate of drug-likeness (QED) is 0.552. The summed E-state index contributed by atoms with van der Waals surface area (Å²) in [6, 6.07) is 0. The van der Waals surface area contributed by atoms with Gasteiger partial charge >= 0.3 is 6.18 Å². The number of rotatable bonds is 5. The lowest BCUT2D eigenvalue weighted by Gasteiger charge is -2.31. The van der Waals surface area contributed by atoms with Crippen LogP contribution in [-0.4, -0.2) is 56.7 Å². The molecule has 19 heavy (non-hydrogen) atoms. The van der Waals surface area contributed by atoms with Crippen LogP contribution in [0.5, 0.6) is 0 Å². The molecule has 0 aromatic rings. The van der Waals surface area contributed by atoms with Crippen LogP contribution >= 0.6 is 0 Å². The summed E-state index contributed by atoms with van der Waals surface area (Å²) in [6.45, 7) is -0.0265. The number of alkyl halides is 3. The summed E-state index contributed by atoms with van der Waals surface area (Å²) < 4.78 is 65.5. The summed E-state index contributed by atoms with van der Waals surface area (Å²) in [5.41, 5.74) is 0. The molecule has 1 rings (SSSR count). The van der Waals surface area contributed by atoms with Crippen molar-refractivity contribution < 1.29 is 31.1 Å². The third-order valence-electron chi connectivity index (χ3n) is 2.48. The van der Waals surface area contributed by atoms with Crippen molar-refractivity contribution in [2.24, 2.45) is 4.99 Å². The SMILES string of the molecule is O=C=NC1COCCN1S(=O)(=O)CCCC(F)(F)F. The number of nitrogens with zero attached hydrogens (tertiary/aromatic N) is 2. The van der Waals surface area contributed by atoms with E-state index in [0.717, 1.165) is 4.31 Å². The summed E-state index contributed by atoms with van der Waals surface area (Å²) in [4.78, 5) is 13.5. The molecular formula is C9H13F3N2O4S. The number of halogens is 3. The van der Waals surface area contributed by atoms with Crippen molar-refractivity contribution in [3.8, 4) is 0 Å². The van der Waals surface area contributed by atoms with E-state index in [2.05, 4.69) is 4.99 Å². The first-order valence-corrected chi connectivity index (χ1v) is 7.08. The topological polar surface area (TPSA) is 76.0 Å². The van der Waals surface area contributed by atoms with E-state index in [-0.39, 0.29) is 19.8 Å². The molecule has 110 valence electrons. The number of ether oxygens (including phenoxy) is 1. The molecule has 10 heteroatoms. The minimum atomic E-state index is -4.39. The second-order valence-corrected chi connectivity index (χ2v) is 5.96. The molecule has 1 fully saturated rings. The minimum absolute atomic E-state index is 0.0375. The predicted octanol–water partition coefficient (Wildman–Crippen LogP) is 0.653. The van der Waals surface area contributed by atoms with Crippen molar-refractivity contribution in [3.63, 3.8) is 0 Å². The lowest BCUT2D eigenvalue weighted by molar-refractivity contribution is -0.134. The van der Waals surface area contributed by atoms with Crippen LogP contribution in [0, 0.1) is 0 Å². The van der Waals surface area contributed by atoms with Crippen molar-refractivity contribution in [1.82, 2.24) is 4.31 Å². The molecular weight excluding hydrogens is 289 g/mol. The Morgan fingerprint density at radius 1 is 1.42 bits per heavy atom. The van der Waals surface area contributed by atoms with Crippen LogP contribution in [0.4, 0.5) is 13.2 Å². The highest BCUT2D eigenvalue weighted by molar-refractivity contribution is 7.89. The van der Waals surface area contributed by atoms with E-state index in [1.54, 1.807) is 0 Å². The highest BCUT2D eigenvalue weighted by atomic mass is 32.2. The number of hydrogen-bond donors (Lipinski definition) is 0. The fourth-order valence-electron chi connectivity index (χ4n) is 1.63. The lowest BCUT2D eigenvalue weighted by Crippen LogP contribution is -2.48. The van der Waals surface area contributed by atoms with Crippen LogP contribution in [0.15, 0.2) is 4.99 Å². The third-order valence-corrected chi connectivity index (χ3v) is 4.42. The Hall–Kier alpha value is -0.960. The molecule has 1 heterocycles. The van der Waals surface area contributed by atoms with Gasteiger partial charge < -0.3 is 4.74 Å². The van der Waals surface area contributed by atoms with Gasteiger partial charge in [0.15, 0.2) is 6.17 Å². The Kier molecular flexibility index (Phi) is 5.48. The zero-order valence-corrected chi connectivity index (χ0v) is 10.7. The number of carbonyl (C=O) groups excluding carboxylic acids is 1. The Bertz CT molecular complexity index is 445. The first-order valence-electron chi connectivity index (χ1n) is 5.47. The largest absolute Gasteiger partial charge is 0.389 e. The molecule has 1 saturated heterocycles. The third kappa shape index (κ3) is 5.27. The summed E-state index contributed by atoms with van der Waals surface area (Å²) in [7, 11) is -3.90. The second kappa shape index (κ2) is 6.47. The van der Waals surface area contributed by atoms with Crippen molar-refractivity contribution in [1.29, 1.82) is 0 Å². The van der Waals surface area contributed by atoms with Gasteiger partial charge in [0, 0.05) is 13.0 Å². The van der Waals surface area contributed by atoms with Crippen molar-refractivity contribution >= 4 is 16.1 Å². The summed E-state index contributed by atoms with van der Waals surface area (Å²) in [6.07, 6.45) is -5.89.